The molecule has 1 aromatic carbocycles. The summed E-state index contributed by atoms with van der Waals surface area (Å²) in [6, 6.07) is 4.05. The third-order valence-corrected chi connectivity index (χ3v) is 3.79. The summed E-state index contributed by atoms with van der Waals surface area (Å²) in [7, 11) is 0. The Morgan fingerprint density at radius 1 is 1.35 bits per heavy atom. The fourth-order valence-electron chi connectivity index (χ4n) is 2.41. The van der Waals surface area contributed by atoms with Crippen molar-refractivity contribution in [1.82, 2.24) is 5.32 Å². The molecule has 0 atom stereocenters. The Labute approximate surface area is 107 Å². The Bertz CT molecular complexity index is 415. The standard InChI is InChI=1S/C14H18ClNO/c15-13-7-11-4-6-17-14(11)12(8-13)9-16-5-3-10-1-2-10/h7-8,10,16H,1-6,9H2. The molecule has 1 N–H and O–H groups in total. The fraction of sp³-hybridized carbons (Fsp3) is 0.571. The zero-order valence-electron chi connectivity index (χ0n) is 9.97. The van der Waals surface area contributed by atoms with E-state index in [9.17, 15) is 0 Å². The van der Waals surface area contributed by atoms with Crippen LogP contribution in [0.15, 0.2) is 12.1 Å². The van der Waals surface area contributed by atoms with Gasteiger partial charge in [-0.05, 0) is 36.6 Å². The van der Waals surface area contributed by atoms with E-state index in [-0.39, 0.29) is 0 Å². The molecule has 0 aromatic heterocycles. The van der Waals surface area contributed by atoms with Crippen molar-refractivity contribution >= 4 is 11.6 Å². The summed E-state index contributed by atoms with van der Waals surface area (Å²) in [6.07, 6.45) is 5.16. The van der Waals surface area contributed by atoms with Crippen molar-refractivity contribution in [3.63, 3.8) is 0 Å². The molecule has 1 heterocycles. The monoisotopic (exact) mass is 251 g/mol. The number of nitrogens with one attached hydrogen (secondary N) is 1. The lowest BCUT2D eigenvalue weighted by Gasteiger charge is -2.10. The molecule has 92 valence electrons. The van der Waals surface area contributed by atoms with Gasteiger partial charge in [0.05, 0.1) is 6.61 Å². The average Bonchev–Trinajstić information content (AvgIpc) is 3.01. The van der Waals surface area contributed by atoms with Crippen LogP contribution in [0.3, 0.4) is 0 Å². The lowest BCUT2D eigenvalue weighted by atomic mass is 10.1. The first-order valence-corrected chi connectivity index (χ1v) is 6.85. The van der Waals surface area contributed by atoms with Crippen LogP contribution < -0.4 is 10.1 Å². The highest BCUT2D eigenvalue weighted by molar-refractivity contribution is 6.30. The predicted molar refractivity (Wildman–Crippen MR) is 69.7 cm³/mol. The van der Waals surface area contributed by atoms with E-state index < -0.39 is 0 Å². The van der Waals surface area contributed by atoms with Gasteiger partial charge < -0.3 is 10.1 Å². The number of hydrogen-bond acceptors (Lipinski definition) is 2. The van der Waals surface area contributed by atoms with Crippen LogP contribution in [0.4, 0.5) is 0 Å². The van der Waals surface area contributed by atoms with Crippen LogP contribution in [0.5, 0.6) is 5.75 Å². The van der Waals surface area contributed by atoms with Gasteiger partial charge in [-0.15, -0.1) is 0 Å². The summed E-state index contributed by atoms with van der Waals surface area (Å²) in [6.45, 7) is 2.77. The summed E-state index contributed by atoms with van der Waals surface area (Å²) in [5.41, 5.74) is 2.47. The Balaban J connectivity index is 1.61. The van der Waals surface area contributed by atoms with E-state index >= 15 is 0 Å². The van der Waals surface area contributed by atoms with E-state index in [4.69, 9.17) is 16.3 Å². The zero-order chi connectivity index (χ0) is 11.7. The third kappa shape index (κ3) is 2.75. The van der Waals surface area contributed by atoms with Crippen molar-refractivity contribution < 1.29 is 4.74 Å². The van der Waals surface area contributed by atoms with Crippen molar-refractivity contribution in [1.29, 1.82) is 0 Å². The van der Waals surface area contributed by atoms with Crippen LogP contribution in [-0.2, 0) is 13.0 Å². The molecule has 0 spiro atoms. The van der Waals surface area contributed by atoms with E-state index in [1.54, 1.807) is 0 Å². The summed E-state index contributed by atoms with van der Waals surface area (Å²) in [5, 5.41) is 4.32. The second-order valence-electron chi connectivity index (χ2n) is 5.06. The minimum Gasteiger partial charge on any atom is -0.493 e. The van der Waals surface area contributed by atoms with Gasteiger partial charge in [0.15, 0.2) is 0 Å². The maximum atomic E-state index is 6.12. The van der Waals surface area contributed by atoms with Gasteiger partial charge in [-0.3, -0.25) is 0 Å². The number of benzene rings is 1. The summed E-state index contributed by atoms with van der Waals surface area (Å²) in [5.74, 6) is 2.05. The molecule has 1 saturated carbocycles. The number of ether oxygens (including phenoxy) is 1. The lowest BCUT2D eigenvalue weighted by molar-refractivity contribution is 0.352. The van der Waals surface area contributed by atoms with Gasteiger partial charge in [-0.2, -0.15) is 0 Å². The van der Waals surface area contributed by atoms with Crippen LogP contribution in [-0.4, -0.2) is 13.2 Å². The van der Waals surface area contributed by atoms with Gasteiger partial charge in [0, 0.05) is 23.6 Å². The fourth-order valence-corrected chi connectivity index (χ4v) is 2.68. The molecule has 0 unspecified atom stereocenters. The van der Waals surface area contributed by atoms with Crippen molar-refractivity contribution in [3.8, 4) is 5.75 Å². The topological polar surface area (TPSA) is 21.3 Å². The highest BCUT2D eigenvalue weighted by atomic mass is 35.5. The van der Waals surface area contributed by atoms with Crippen LogP contribution in [0.25, 0.3) is 0 Å². The largest absolute Gasteiger partial charge is 0.493 e. The molecule has 0 amide bonds. The van der Waals surface area contributed by atoms with Crippen molar-refractivity contribution in [2.45, 2.75) is 32.2 Å². The summed E-state index contributed by atoms with van der Waals surface area (Å²) in [4.78, 5) is 0. The minimum atomic E-state index is 0.796. The second-order valence-corrected chi connectivity index (χ2v) is 5.50. The molecule has 2 aliphatic rings. The smallest absolute Gasteiger partial charge is 0.127 e. The maximum absolute atomic E-state index is 6.12. The Kier molecular flexibility index (Phi) is 3.26. The number of fused-ring (bicyclic) bond motifs is 1. The maximum Gasteiger partial charge on any atom is 0.127 e. The SMILES string of the molecule is Clc1cc2c(c(CNCCC3CC3)c1)OCC2. The van der Waals surface area contributed by atoms with Crippen molar-refractivity contribution in [3.05, 3.63) is 28.3 Å². The predicted octanol–water partition coefficient (Wildman–Crippen LogP) is 3.16. The van der Waals surface area contributed by atoms with E-state index in [0.29, 0.717) is 0 Å². The molecule has 3 heteroatoms. The van der Waals surface area contributed by atoms with Crippen LogP contribution >= 0.6 is 11.6 Å². The quantitative estimate of drug-likeness (QED) is 0.812. The van der Waals surface area contributed by atoms with E-state index in [2.05, 4.69) is 5.32 Å². The van der Waals surface area contributed by atoms with Gasteiger partial charge in [0.25, 0.3) is 0 Å². The average molecular weight is 252 g/mol. The van der Waals surface area contributed by atoms with Crippen molar-refractivity contribution in [2.75, 3.05) is 13.2 Å². The highest BCUT2D eigenvalue weighted by Crippen LogP contribution is 2.33. The molecule has 1 aliphatic carbocycles. The molecular formula is C14H18ClNO. The zero-order valence-corrected chi connectivity index (χ0v) is 10.7. The Hall–Kier alpha value is -0.730. The first-order chi connectivity index (χ1) is 8.33. The number of rotatable bonds is 5. The first-order valence-electron chi connectivity index (χ1n) is 6.48. The van der Waals surface area contributed by atoms with E-state index in [0.717, 1.165) is 42.8 Å². The second kappa shape index (κ2) is 4.87. The third-order valence-electron chi connectivity index (χ3n) is 3.57. The van der Waals surface area contributed by atoms with E-state index in [1.165, 1.54) is 30.4 Å². The molecule has 0 bridgehead atoms. The molecule has 17 heavy (non-hydrogen) atoms. The number of hydrogen-bond donors (Lipinski definition) is 1. The Morgan fingerprint density at radius 3 is 3.06 bits per heavy atom. The molecular weight excluding hydrogens is 234 g/mol. The van der Waals surface area contributed by atoms with Crippen LogP contribution in [0.1, 0.15) is 30.4 Å². The van der Waals surface area contributed by atoms with Gasteiger partial charge in [-0.1, -0.05) is 24.4 Å². The molecule has 3 rings (SSSR count). The van der Waals surface area contributed by atoms with Crippen LogP contribution in [0, 0.1) is 5.92 Å². The molecule has 0 radical (unpaired) electrons. The first kappa shape index (κ1) is 11.4. The molecule has 0 saturated heterocycles. The van der Waals surface area contributed by atoms with Gasteiger partial charge in [-0.25, -0.2) is 0 Å². The van der Waals surface area contributed by atoms with Gasteiger partial charge in [0.1, 0.15) is 5.75 Å². The van der Waals surface area contributed by atoms with E-state index in [1.807, 2.05) is 12.1 Å². The molecule has 1 aromatic rings. The summed E-state index contributed by atoms with van der Waals surface area (Å²) < 4.78 is 5.68. The van der Waals surface area contributed by atoms with Crippen molar-refractivity contribution in [2.24, 2.45) is 5.92 Å². The molecule has 2 nitrogen and oxygen atoms in total. The molecule has 1 fully saturated rings. The normalized spacial score (nSPS) is 17.9. The lowest BCUT2D eigenvalue weighted by Crippen LogP contribution is -2.15. The molecule has 1 aliphatic heterocycles. The van der Waals surface area contributed by atoms with Gasteiger partial charge >= 0.3 is 0 Å². The summed E-state index contributed by atoms with van der Waals surface area (Å²) >= 11 is 6.12. The minimum absolute atomic E-state index is 0.796. The Morgan fingerprint density at radius 2 is 2.24 bits per heavy atom. The highest BCUT2D eigenvalue weighted by Gasteiger charge is 2.20. The van der Waals surface area contributed by atoms with Gasteiger partial charge in [0.2, 0.25) is 0 Å². The number of halogens is 1. The van der Waals surface area contributed by atoms with Crippen LogP contribution in [0.2, 0.25) is 5.02 Å².